The molecule has 2 aromatic rings. The number of thiazole rings is 1. The summed E-state index contributed by atoms with van der Waals surface area (Å²) in [4.78, 5) is 4.25. The third kappa shape index (κ3) is 1.63. The Hall–Kier alpha value is -1.35. The third-order valence-corrected chi connectivity index (χ3v) is 3.15. The maximum atomic E-state index is 5.64. The molecule has 0 saturated carbocycles. The minimum atomic E-state index is 0.762. The van der Waals surface area contributed by atoms with Crippen molar-refractivity contribution < 1.29 is 0 Å². The Morgan fingerprint density at radius 2 is 2.00 bits per heavy atom. The number of nitrogens with zero attached hydrogens (tertiary/aromatic N) is 1. The fraction of sp³-hybridized carbons (Fsp3) is 0.182. The number of nitrogen functional groups attached to an aromatic ring is 1. The van der Waals surface area contributed by atoms with Gasteiger partial charge in [-0.25, -0.2) is 4.98 Å². The summed E-state index contributed by atoms with van der Waals surface area (Å²) >= 11 is 1.52. The summed E-state index contributed by atoms with van der Waals surface area (Å²) in [5, 5.41) is 1.75. The van der Waals surface area contributed by atoms with Gasteiger partial charge in [-0.05, 0) is 31.0 Å². The molecule has 0 aliphatic heterocycles. The van der Waals surface area contributed by atoms with Crippen molar-refractivity contribution in [3.05, 3.63) is 35.5 Å². The lowest BCUT2D eigenvalue weighted by molar-refractivity contribution is 1.33. The van der Waals surface area contributed by atoms with Gasteiger partial charge >= 0.3 is 0 Å². The van der Waals surface area contributed by atoms with E-state index in [1.165, 1.54) is 22.5 Å². The Kier molecular flexibility index (Phi) is 2.25. The Morgan fingerprint density at radius 1 is 1.21 bits per heavy atom. The fourth-order valence-corrected chi connectivity index (χ4v) is 1.97. The Morgan fingerprint density at radius 3 is 2.57 bits per heavy atom. The molecule has 0 atom stereocenters. The molecule has 1 aromatic carbocycles. The van der Waals surface area contributed by atoms with Gasteiger partial charge in [0.25, 0.3) is 0 Å². The van der Waals surface area contributed by atoms with Crippen molar-refractivity contribution in [3.63, 3.8) is 0 Å². The maximum Gasteiger partial charge on any atom is 0.125 e. The quantitative estimate of drug-likeness (QED) is 0.775. The molecule has 1 aromatic heterocycles. The Labute approximate surface area is 87.4 Å². The van der Waals surface area contributed by atoms with E-state index in [-0.39, 0.29) is 0 Å². The van der Waals surface area contributed by atoms with E-state index in [9.17, 15) is 0 Å². The number of aryl methyl sites for hydroxylation is 2. The fourth-order valence-electron chi connectivity index (χ4n) is 1.29. The molecule has 1 heterocycles. The van der Waals surface area contributed by atoms with Gasteiger partial charge in [-0.15, -0.1) is 0 Å². The highest BCUT2D eigenvalue weighted by Crippen LogP contribution is 2.27. The Balaban J connectivity index is 2.47. The highest BCUT2D eigenvalue weighted by molar-refractivity contribution is 7.18. The SMILES string of the molecule is Cc1ccc(-c2ncc(N)s2)cc1C. The first-order valence-corrected chi connectivity index (χ1v) is 5.27. The largest absolute Gasteiger partial charge is 0.389 e. The van der Waals surface area contributed by atoms with Crippen molar-refractivity contribution in [3.8, 4) is 10.6 Å². The Bertz CT molecular complexity index is 460. The lowest BCUT2D eigenvalue weighted by atomic mass is 10.1. The van der Waals surface area contributed by atoms with Gasteiger partial charge in [-0.1, -0.05) is 23.5 Å². The molecule has 0 saturated heterocycles. The summed E-state index contributed by atoms with van der Waals surface area (Å²) in [6.07, 6.45) is 1.70. The molecule has 0 aliphatic carbocycles. The van der Waals surface area contributed by atoms with E-state index in [1.54, 1.807) is 6.20 Å². The summed E-state index contributed by atoms with van der Waals surface area (Å²) < 4.78 is 0. The predicted molar refractivity (Wildman–Crippen MR) is 61.4 cm³/mol. The van der Waals surface area contributed by atoms with E-state index in [2.05, 4.69) is 37.0 Å². The first-order valence-electron chi connectivity index (χ1n) is 4.46. The van der Waals surface area contributed by atoms with E-state index < -0.39 is 0 Å². The molecular formula is C11H12N2S. The number of aromatic nitrogens is 1. The standard InChI is InChI=1S/C11H12N2S/c1-7-3-4-9(5-8(7)2)11-13-6-10(12)14-11/h3-6H,12H2,1-2H3. The molecular weight excluding hydrogens is 192 g/mol. The van der Waals surface area contributed by atoms with Crippen LogP contribution in [0.4, 0.5) is 5.00 Å². The number of nitrogens with two attached hydrogens (primary N) is 1. The van der Waals surface area contributed by atoms with Crippen molar-refractivity contribution in [1.82, 2.24) is 4.98 Å². The zero-order valence-corrected chi connectivity index (χ0v) is 9.06. The smallest absolute Gasteiger partial charge is 0.125 e. The number of hydrogen-bond acceptors (Lipinski definition) is 3. The van der Waals surface area contributed by atoms with Crippen LogP contribution in [0.5, 0.6) is 0 Å². The second-order valence-electron chi connectivity index (χ2n) is 3.37. The van der Waals surface area contributed by atoms with Crippen LogP contribution in [-0.2, 0) is 0 Å². The molecule has 2 N–H and O–H groups in total. The van der Waals surface area contributed by atoms with E-state index in [0.29, 0.717) is 0 Å². The van der Waals surface area contributed by atoms with Crippen LogP contribution in [0, 0.1) is 13.8 Å². The van der Waals surface area contributed by atoms with Crippen LogP contribution in [0.25, 0.3) is 10.6 Å². The molecule has 2 rings (SSSR count). The van der Waals surface area contributed by atoms with E-state index in [1.807, 2.05) is 0 Å². The van der Waals surface area contributed by atoms with E-state index in [4.69, 9.17) is 5.73 Å². The van der Waals surface area contributed by atoms with Crippen molar-refractivity contribution in [2.45, 2.75) is 13.8 Å². The average molecular weight is 204 g/mol. The summed E-state index contributed by atoms with van der Waals surface area (Å²) in [7, 11) is 0. The van der Waals surface area contributed by atoms with E-state index in [0.717, 1.165) is 15.6 Å². The number of anilines is 1. The van der Waals surface area contributed by atoms with Gasteiger partial charge in [0.05, 0.1) is 6.20 Å². The van der Waals surface area contributed by atoms with Crippen LogP contribution in [0.15, 0.2) is 24.4 Å². The van der Waals surface area contributed by atoms with Gasteiger partial charge in [0.15, 0.2) is 0 Å². The van der Waals surface area contributed by atoms with Crippen LogP contribution >= 0.6 is 11.3 Å². The van der Waals surface area contributed by atoms with Crippen LogP contribution < -0.4 is 5.73 Å². The zero-order valence-electron chi connectivity index (χ0n) is 8.24. The lowest BCUT2D eigenvalue weighted by Gasteiger charge is -2.01. The number of hydrogen-bond donors (Lipinski definition) is 1. The van der Waals surface area contributed by atoms with Crippen molar-refractivity contribution in [2.24, 2.45) is 0 Å². The van der Waals surface area contributed by atoms with Crippen molar-refractivity contribution in [1.29, 1.82) is 0 Å². The number of rotatable bonds is 1. The number of benzene rings is 1. The van der Waals surface area contributed by atoms with Crippen molar-refractivity contribution >= 4 is 16.3 Å². The van der Waals surface area contributed by atoms with Crippen molar-refractivity contribution in [2.75, 3.05) is 5.73 Å². The van der Waals surface area contributed by atoms with Gasteiger partial charge in [-0.2, -0.15) is 0 Å². The first-order chi connectivity index (χ1) is 6.66. The van der Waals surface area contributed by atoms with Gasteiger partial charge in [0.1, 0.15) is 10.0 Å². The molecule has 2 nitrogen and oxygen atoms in total. The van der Waals surface area contributed by atoms with Gasteiger partial charge in [0.2, 0.25) is 0 Å². The predicted octanol–water partition coefficient (Wildman–Crippen LogP) is 3.01. The summed E-state index contributed by atoms with van der Waals surface area (Å²) in [5.74, 6) is 0. The maximum absolute atomic E-state index is 5.64. The van der Waals surface area contributed by atoms with Gasteiger partial charge in [0, 0.05) is 5.56 Å². The van der Waals surface area contributed by atoms with Crippen LogP contribution in [-0.4, -0.2) is 4.98 Å². The molecule has 0 fully saturated rings. The average Bonchev–Trinajstić information content (AvgIpc) is 2.57. The normalized spacial score (nSPS) is 10.4. The van der Waals surface area contributed by atoms with Crippen LogP contribution in [0.1, 0.15) is 11.1 Å². The molecule has 3 heteroatoms. The second-order valence-corrected chi connectivity index (χ2v) is 4.43. The van der Waals surface area contributed by atoms with Gasteiger partial charge in [-0.3, -0.25) is 0 Å². The molecule has 0 amide bonds. The molecule has 0 spiro atoms. The lowest BCUT2D eigenvalue weighted by Crippen LogP contribution is -1.82. The highest BCUT2D eigenvalue weighted by Gasteiger charge is 2.03. The highest BCUT2D eigenvalue weighted by atomic mass is 32.1. The van der Waals surface area contributed by atoms with Crippen LogP contribution in [0.2, 0.25) is 0 Å². The topological polar surface area (TPSA) is 38.9 Å². The van der Waals surface area contributed by atoms with Crippen LogP contribution in [0.3, 0.4) is 0 Å². The third-order valence-electron chi connectivity index (χ3n) is 2.28. The molecule has 0 aliphatic rings. The molecule has 0 radical (unpaired) electrons. The molecule has 0 bridgehead atoms. The zero-order chi connectivity index (χ0) is 10.1. The second kappa shape index (κ2) is 3.42. The van der Waals surface area contributed by atoms with Gasteiger partial charge < -0.3 is 5.73 Å². The molecule has 72 valence electrons. The first kappa shape index (κ1) is 9.21. The minimum Gasteiger partial charge on any atom is -0.389 e. The summed E-state index contributed by atoms with van der Waals surface area (Å²) in [5.41, 5.74) is 9.38. The van der Waals surface area contributed by atoms with E-state index >= 15 is 0 Å². The summed E-state index contributed by atoms with van der Waals surface area (Å²) in [6, 6.07) is 6.34. The molecule has 14 heavy (non-hydrogen) atoms. The summed E-state index contributed by atoms with van der Waals surface area (Å²) in [6.45, 7) is 4.21. The monoisotopic (exact) mass is 204 g/mol. The minimum absolute atomic E-state index is 0.762. The molecule has 0 unspecified atom stereocenters.